The molecule has 0 aliphatic rings. The molecule has 106 valence electrons. The van der Waals surface area contributed by atoms with Crippen molar-refractivity contribution in [3.63, 3.8) is 0 Å². The molecule has 6 heteroatoms. The molecule has 0 aliphatic carbocycles. The summed E-state index contributed by atoms with van der Waals surface area (Å²) in [5, 5.41) is 2.66. The third-order valence-electron chi connectivity index (χ3n) is 2.93. The summed E-state index contributed by atoms with van der Waals surface area (Å²) in [5.41, 5.74) is -0.189. The maximum absolute atomic E-state index is 13.9. The van der Waals surface area contributed by atoms with E-state index in [1.807, 2.05) is 0 Å². The molecular weight excluding hydrogens is 338 g/mol. The highest BCUT2D eigenvalue weighted by molar-refractivity contribution is 9.10. The first kappa shape index (κ1) is 15.0. The van der Waals surface area contributed by atoms with Gasteiger partial charge in [0, 0.05) is 11.1 Å². The van der Waals surface area contributed by atoms with Crippen LogP contribution in [0, 0.1) is 23.3 Å². The molecule has 2 aromatic carbocycles. The largest absolute Gasteiger partial charge is 0.309 e. The van der Waals surface area contributed by atoms with E-state index in [1.54, 1.807) is 0 Å². The van der Waals surface area contributed by atoms with Gasteiger partial charge in [0.1, 0.15) is 11.6 Å². The maximum Gasteiger partial charge on any atom is 0.163 e. The van der Waals surface area contributed by atoms with E-state index in [1.165, 1.54) is 19.2 Å². The van der Waals surface area contributed by atoms with Crippen molar-refractivity contribution in [1.82, 2.24) is 5.32 Å². The molecule has 1 atom stereocenters. The third kappa shape index (κ3) is 2.71. The van der Waals surface area contributed by atoms with Crippen LogP contribution in [0.2, 0.25) is 0 Å². The van der Waals surface area contributed by atoms with Crippen LogP contribution in [0.3, 0.4) is 0 Å². The van der Waals surface area contributed by atoms with Crippen molar-refractivity contribution in [3.05, 3.63) is 69.2 Å². The van der Waals surface area contributed by atoms with Crippen LogP contribution < -0.4 is 5.32 Å². The summed E-state index contributed by atoms with van der Waals surface area (Å²) < 4.78 is 54.5. The molecule has 0 radical (unpaired) electrons. The standard InChI is InChI=1S/C14H10BrF4N/c1-20-14(7-3-2-4-10(16)13(7)19)8-5-12(18)9(15)6-11(8)17/h2-6,14,20H,1H3. The first-order valence-electron chi connectivity index (χ1n) is 5.71. The van der Waals surface area contributed by atoms with Crippen LogP contribution in [-0.2, 0) is 0 Å². The first-order valence-corrected chi connectivity index (χ1v) is 6.50. The smallest absolute Gasteiger partial charge is 0.163 e. The van der Waals surface area contributed by atoms with E-state index in [4.69, 9.17) is 0 Å². The van der Waals surface area contributed by atoms with Crippen LogP contribution in [0.1, 0.15) is 17.2 Å². The highest BCUT2D eigenvalue weighted by atomic mass is 79.9. The summed E-state index contributed by atoms with van der Waals surface area (Å²) in [6.07, 6.45) is 0. The Bertz CT molecular complexity index is 645. The van der Waals surface area contributed by atoms with Gasteiger partial charge in [-0.25, -0.2) is 17.6 Å². The topological polar surface area (TPSA) is 12.0 Å². The van der Waals surface area contributed by atoms with Crippen molar-refractivity contribution in [2.75, 3.05) is 7.05 Å². The summed E-state index contributed by atoms with van der Waals surface area (Å²) in [7, 11) is 1.45. The van der Waals surface area contributed by atoms with Crippen LogP contribution in [0.25, 0.3) is 0 Å². The Hall–Kier alpha value is -1.40. The first-order chi connectivity index (χ1) is 9.45. The highest BCUT2D eigenvalue weighted by Gasteiger charge is 2.22. The van der Waals surface area contributed by atoms with Crippen molar-refractivity contribution in [2.24, 2.45) is 0 Å². The minimum Gasteiger partial charge on any atom is -0.309 e. The quantitative estimate of drug-likeness (QED) is 0.644. The number of hydrogen-bond acceptors (Lipinski definition) is 1. The van der Waals surface area contributed by atoms with Crippen molar-refractivity contribution in [2.45, 2.75) is 6.04 Å². The minimum absolute atomic E-state index is 0.0340. The molecule has 0 saturated carbocycles. The van der Waals surface area contributed by atoms with Crippen LogP contribution in [0.4, 0.5) is 17.6 Å². The zero-order chi connectivity index (χ0) is 14.9. The molecule has 20 heavy (non-hydrogen) atoms. The third-order valence-corrected chi connectivity index (χ3v) is 3.54. The van der Waals surface area contributed by atoms with Crippen molar-refractivity contribution >= 4 is 15.9 Å². The fraction of sp³-hybridized carbons (Fsp3) is 0.143. The summed E-state index contributed by atoms with van der Waals surface area (Å²) >= 11 is 2.86. The van der Waals surface area contributed by atoms with E-state index in [0.717, 1.165) is 18.2 Å². The second-order valence-corrected chi connectivity index (χ2v) is 5.01. The van der Waals surface area contributed by atoms with Gasteiger partial charge >= 0.3 is 0 Å². The number of nitrogens with one attached hydrogen (secondary N) is 1. The van der Waals surface area contributed by atoms with E-state index < -0.39 is 29.3 Å². The normalized spacial score (nSPS) is 12.5. The zero-order valence-electron chi connectivity index (χ0n) is 10.4. The lowest BCUT2D eigenvalue weighted by Gasteiger charge is -2.19. The van der Waals surface area contributed by atoms with Crippen molar-refractivity contribution in [1.29, 1.82) is 0 Å². The number of halogens is 5. The molecule has 1 unspecified atom stereocenters. The second-order valence-electron chi connectivity index (χ2n) is 4.15. The lowest BCUT2D eigenvalue weighted by atomic mass is 9.97. The van der Waals surface area contributed by atoms with Crippen LogP contribution >= 0.6 is 15.9 Å². The predicted octanol–water partition coefficient (Wildman–Crippen LogP) is 4.31. The Balaban J connectivity index is 2.58. The van der Waals surface area contributed by atoms with Crippen molar-refractivity contribution in [3.8, 4) is 0 Å². The lowest BCUT2D eigenvalue weighted by Crippen LogP contribution is -2.21. The van der Waals surface area contributed by atoms with Crippen molar-refractivity contribution < 1.29 is 17.6 Å². The average molecular weight is 348 g/mol. The fourth-order valence-corrected chi connectivity index (χ4v) is 2.30. The van der Waals surface area contributed by atoms with E-state index in [9.17, 15) is 17.6 Å². The number of rotatable bonds is 3. The average Bonchev–Trinajstić information content (AvgIpc) is 2.41. The molecule has 0 heterocycles. The monoisotopic (exact) mass is 347 g/mol. The van der Waals surface area contributed by atoms with Gasteiger partial charge in [0.2, 0.25) is 0 Å². The highest BCUT2D eigenvalue weighted by Crippen LogP contribution is 2.30. The Labute approximate surface area is 121 Å². The Morgan fingerprint density at radius 1 is 0.950 bits per heavy atom. The molecule has 0 aromatic heterocycles. The molecule has 0 amide bonds. The minimum atomic E-state index is -1.09. The molecule has 0 saturated heterocycles. The summed E-state index contributed by atoms with van der Waals surface area (Å²) in [6, 6.07) is 4.50. The number of benzene rings is 2. The van der Waals surface area contributed by atoms with Gasteiger partial charge in [-0.1, -0.05) is 12.1 Å². The maximum atomic E-state index is 13.9. The van der Waals surface area contributed by atoms with Gasteiger partial charge in [0.15, 0.2) is 11.6 Å². The molecule has 2 rings (SSSR count). The molecule has 1 N–H and O–H groups in total. The molecule has 0 bridgehead atoms. The van der Waals surface area contributed by atoms with E-state index in [0.29, 0.717) is 0 Å². The van der Waals surface area contributed by atoms with Gasteiger partial charge in [-0.15, -0.1) is 0 Å². The predicted molar refractivity (Wildman–Crippen MR) is 71.3 cm³/mol. The molecule has 0 aliphatic heterocycles. The van der Waals surface area contributed by atoms with Gasteiger partial charge in [-0.3, -0.25) is 0 Å². The molecular formula is C14H10BrF4N. The molecule has 1 nitrogen and oxygen atoms in total. The van der Waals surface area contributed by atoms with Gasteiger partial charge in [0.05, 0.1) is 10.5 Å². The fourth-order valence-electron chi connectivity index (χ4n) is 1.98. The van der Waals surface area contributed by atoms with E-state index in [2.05, 4.69) is 21.2 Å². The Kier molecular flexibility index (Phi) is 4.45. The van der Waals surface area contributed by atoms with E-state index >= 15 is 0 Å². The molecule has 0 fully saturated rings. The van der Waals surface area contributed by atoms with Gasteiger partial charge < -0.3 is 5.32 Å². The Morgan fingerprint density at radius 3 is 2.30 bits per heavy atom. The lowest BCUT2D eigenvalue weighted by molar-refractivity contribution is 0.481. The van der Waals surface area contributed by atoms with Gasteiger partial charge in [-0.05, 0) is 41.2 Å². The van der Waals surface area contributed by atoms with Crippen LogP contribution in [0.15, 0.2) is 34.8 Å². The van der Waals surface area contributed by atoms with E-state index in [-0.39, 0.29) is 15.6 Å². The van der Waals surface area contributed by atoms with Gasteiger partial charge in [0.25, 0.3) is 0 Å². The SMILES string of the molecule is CNC(c1cc(F)c(Br)cc1F)c1cccc(F)c1F. The number of hydrogen-bond donors (Lipinski definition) is 1. The van der Waals surface area contributed by atoms with Gasteiger partial charge in [-0.2, -0.15) is 0 Å². The summed E-state index contributed by atoms with van der Waals surface area (Å²) in [5.74, 6) is -3.53. The molecule has 2 aromatic rings. The molecule has 0 spiro atoms. The summed E-state index contributed by atoms with van der Waals surface area (Å²) in [4.78, 5) is 0. The Morgan fingerprint density at radius 2 is 1.65 bits per heavy atom. The van der Waals surface area contributed by atoms with Crippen LogP contribution in [-0.4, -0.2) is 7.05 Å². The van der Waals surface area contributed by atoms with Crippen LogP contribution in [0.5, 0.6) is 0 Å². The summed E-state index contributed by atoms with van der Waals surface area (Å²) in [6.45, 7) is 0. The second kappa shape index (κ2) is 5.93. The zero-order valence-corrected chi connectivity index (χ0v) is 11.9.